The molecule has 0 amide bonds. The second-order valence-electron chi connectivity index (χ2n) is 5.48. The molecule has 1 heterocycles. The first-order valence-electron chi connectivity index (χ1n) is 7.65. The van der Waals surface area contributed by atoms with Gasteiger partial charge >= 0.3 is 0 Å². The SMILES string of the molecule is COc1ccc(C(=O)Cc2ccc(-c3ccccc3F)nc2)cc1Br. The molecule has 0 unspecified atom stereocenters. The third kappa shape index (κ3) is 3.94. The number of ketones is 1. The highest BCUT2D eigenvalue weighted by Crippen LogP contribution is 2.26. The van der Waals surface area contributed by atoms with Gasteiger partial charge in [-0.25, -0.2) is 4.39 Å². The molecule has 0 aliphatic rings. The smallest absolute Gasteiger partial charge is 0.167 e. The summed E-state index contributed by atoms with van der Waals surface area (Å²) < 4.78 is 19.7. The monoisotopic (exact) mass is 399 g/mol. The minimum absolute atomic E-state index is 0.0243. The first kappa shape index (κ1) is 17.3. The Balaban J connectivity index is 1.76. The predicted octanol–water partition coefficient (Wildman–Crippen LogP) is 5.08. The molecule has 0 aliphatic carbocycles. The van der Waals surface area contributed by atoms with E-state index >= 15 is 0 Å². The zero-order valence-corrected chi connectivity index (χ0v) is 15.1. The van der Waals surface area contributed by atoms with Crippen molar-refractivity contribution in [2.45, 2.75) is 6.42 Å². The maximum atomic E-state index is 13.8. The maximum Gasteiger partial charge on any atom is 0.167 e. The lowest BCUT2D eigenvalue weighted by molar-refractivity contribution is 0.0993. The van der Waals surface area contributed by atoms with E-state index in [1.165, 1.54) is 6.07 Å². The van der Waals surface area contributed by atoms with Crippen LogP contribution >= 0.6 is 15.9 Å². The maximum absolute atomic E-state index is 13.8. The Kier molecular flexibility index (Phi) is 5.24. The van der Waals surface area contributed by atoms with E-state index in [1.54, 1.807) is 61.8 Å². The molecule has 0 saturated carbocycles. The average molecular weight is 400 g/mol. The van der Waals surface area contributed by atoms with E-state index in [4.69, 9.17) is 4.74 Å². The molecule has 5 heteroatoms. The molecule has 0 bridgehead atoms. The Morgan fingerprint density at radius 1 is 1.16 bits per heavy atom. The van der Waals surface area contributed by atoms with Gasteiger partial charge in [0.25, 0.3) is 0 Å². The Hall–Kier alpha value is -2.53. The van der Waals surface area contributed by atoms with Crippen LogP contribution in [0.25, 0.3) is 11.3 Å². The lowest BCUT2D eigenvalue weighted by Gasteiger charge is -2.07. The van der Waals surface area contributed by atoms with Gasteiger partial charge in [-0.05, 0) is 57.9 Å². The normalized spacial score (nSPS) is 10.5. The summed E-state index contributed by atoms with van der Waals surface area (Å²) in [5, 5.41) is 0. The minimum Gasteiger partial charge on any atom is -0.496 e. The van der Waals surface area contributed by atoms with Crippen LogP contribution in [0.1, 0.15) is 15.9 Å². The van der Waals surface area contributed by atoms with Crippen LogP contribution < -0.4 is 4.74 Å². The Morgan fingerprint density at radius 2 is 1.96 bits per heavy atom. The number of rotatable bonds is 5. The number of ether oxygens (including phenoxy) is 1. The third-order valence-corrected chi connectivity index (χ3v) is 4.43. The first-order valence-corrected chi connectivity index (χ1v) is 8.44. The zero-order chi connectivity index (χ0) is 17.8. The zero-order valence-electron chi connectivity index (χ0n) is 13.5. The fourth-order valence-corrected chi connectivity index (χ4v) is 3.03. The van der Waals surface area contributed by atoms with E-state index in [2.05, 4.69) is 20.9 Å². The number of pyridine rings is 1. The van der Waals surface area contributed by atoms with Crippen molar-refractivity contribution in [3.05, 3.63) is 82.2 Å². The van der Waals surface area contributed by atoms with E-state index < -0.39 is 0 Å². The van der Waals surface area contributed by atoms with Crippen LogP contribution in [0.15, 0.2) is 65.3 Å². The summed E-state index contributed by atoms with van der Waals surface area (Å²) in [6.07, 6.45) is 1.83. The molecule has 0 fully saturated rings. The van der Waals surface area contributed by atoms with Gasteiger partial charge in [-0.15, -0.1) is 0 Å². The van der Waals surface area contributed by atoms with E-state index in [0.29, 0.717) is 22.6 Å². The van der Waals surface area contributed by atoms with E-state index in [0.717, 1.165) is 10.0 Å². The number of carbonyl (C=O) groups excluding carboxylic acids is 1. The fraction of sp³-hybridized carbons (Fsp3) is 0.100. The molecule has 2 aromatic carbocycles. The van der Waals surface area contributed by atoms with Crippen molar-refractivity contribution in [3.63, 3.8) is 0 Å². The summed E-state index contributed by atoms with van der Waals surface area (Å²) in [5.74, 6) is 0.332. The number of benzene rings is 2. The minimum atomic E-state index is -0.318. The Labute approximate surface area is 153 Å². The molecule has 3 rings (SSSR count). The number of carbonyl (C=O) groups is 1. The van der Waals surface area contributed by atoms with Gasteiger partial charge in [-0.1, -0.05) is 18.2 Å². The van der Waals surface area contributed by atoms with E-state index in [1.807, 2.05) is 0 Å². The molecular formula is C20H15BrFNO2. The molecule has 3 nitrogen and oxygen atoms in total. The van der Waals surface area contributed by atoms with Crippen LogP contribution in [0.5, 0.6) is 5.75 Å². The van der Waals surface area contributed by atoms with Gasteiger partial charge < -0.3 is 4.74 Å². The van der Waals surface area contributed by atoms with Crippen LogP contribution in [0.3, 0.4) is 0 Å². The third-order valence-electron chi connectivity index (χ3n) is 3.81. The lowest BCUT2D eigenvalue weighted by Crippen LogP contribution is -2.04. The number of hydrogen-bond acceptors (Lipinski definition) is 3. The first-order chi connectivity index (χ1) is 12.1. The molecule has 0 spiro atoms. The molecule has 3 aromatic rings. The Morgan fingerprint density at radius 3 is 2.60 bits per heavy atom. The second-order valence-corrected chi connectivity index (χ2v) is 6.34. The van der Waals surface area contributed by atoms with Gasteiger partial charge in [-0.2, -0.15) is 0 Å². The molecule has 25 heavy (non-hydrogen) atoms. The Bertz CT molecular complexity index is 910. The fourth-order valence-electron chi connectivity index (χ4n) is 2.48. The topological polar surface area (TPSA) is 39.2 Å². The van der Waals surface area contributed by atoms with Gasteiger partial charge in [-0.3, -0.25) is 9.78 Å². The van der Waals surface area contributed by atoms with Crippen molar-refractivity contribution in [1.82, 2.24) is 4.98 Å². The van der Waals surface area contributed by atoms with Crippen LogP contribution in [0, 0.1) is 5.82 Å². The summed E-state index contributed by atoms with van der Waals surface area (Å²) >= 11 is 3.38. The van der Waals surface area contributed by atoms with Crippen LogP contribution in [0.4, 0.5) is 4.39 Å². The van der Waals surface area contributed by atoms with Gasteiger partial charge in [0.05, 0.1) is 17.3 Å². The summed E-state index contributed by atoms with van der Waals surface area (Å²) in [4.78, 5) is 16.7. The number of halogens is 2. The van der Waals surface area contributed by atoms with Crippen molar-refractivity contribution < 1.29 is 13.9 Å². The van der Waals surface area contributed by atoms with Crippen LogP contribution in [-0.2, 0) is 6.42 Å². The van der Waals surface area contributed by atoms with Crippen molar-refractivity contribution in [2.75, 3.05) is 7.11 Å². The van der Waals surface area contributed by atoms with Gasteiger partial charge in [0.2, 0.25) is 0 Å². The molecule has 0 N–H and O–H groups in total. The quantitative estimate of drug-likeness (QED) is 0.561. The van der Waals surface area contributed by atoms with Crippen molar-refractivity contribution in [1.29, 1.82) is 0 Å². The van der Waals surface area contributed by atoms with E-state index in [9.17, 15) is 9.18 Å². The summed E-state index contributed by atoms with van der Waals surface area (Å²) in [7, 11) is 1.57. The van der Waals surface area contributed by atoms with Gasteiger partial charge in [0.1, 0.15) is 11.6 Å². The van der Waals surface area contributed by atoms with Crippen molar-refractivity contribution in [3.8, 4) is 17.0 Å². The van der Waals surface area contributed by atoms with Gasteiger partial charge in [0, 0.05) is 23.7 Å². The van der Waals surface area contributed by atoms with Gasteiger partial charge in [0.15, 0.2) is 5.78 Å². The van der Waals surface area contributed by atoms with Crippen LogP contribution in [-0.4, -0.2) is 17.9 Å². The number of methoxy groups -OCH3 is 1. The molecular weight excluding hydrogens is 385 g/mol. The lowest BCUT2D eigenvalue weighted by atomic mass is 10.0. The molecule has 0 radical (unpaired) electrons. The van der Waals surface area contributed by atoms with E-state index in [-0.39, 0.29) is 18.0 Å². The highest BCUT2D eigenvalue weighted by Gasteiger charge is 2.11. The number of aromatic nitrogens is 1. The second kappa shape index (κ2) is 7.57. The molecule has 126 valence electrons. The highest BCUT2D eigenvalue weighted by molar-refractivity contribution is 9.10. The number of nitrogens with zero attached hydrogens (tertiary/aromatic N) is 1. The summed E-state index contributed by atoms with van der Waals surface area (Å²) in [5.41, 5.74) is 2.35. The molecule has 0 atom stereocenters. The standard InChI is InChI=1S/C20H15BrFNO2/c1-25-20-9-7-14(11-16(20)21)19(24)10-13-6-8-18(23-12-13)15-4-2-3-5-17(15)22/h2-9,11-12H,10H2,1H3. The number of hydrogen-bond donors (Lipinski definition) is 0. The molecule has 0 aliphatic heterocycles. The van der Waals surface area contributed by atoms with Crippen molar-refractivity contribution in [2.24, 2.45) is 0 Å². The largest absolute Gasteiger partial charge is 0.496 e. The average Bonchev–Trinajstić information content (AvgIpc) is 2.63. The molecule has 0 saturated heterocycles. The summed E-state index contributed by atoms with van der Waals surface area (Å²) in [6.45, 7) is 0. The van der Waals surface area contributed by atoms with Crippen molar-refractivity contribution >= 4 is 21.7 Å². The number of Topliss-reactive ketones (excluding diaryl/α,β-unsaturated/α-hetero) is 1. The van der Waals surface area contributed by atoms with Crippen LogP contribution in [0.2, 0.25) is 0 Å². The summed E-state index contributed by atoms with van der Waals surface area (Å²) in [6, 6.07) is 15.2. The highest BCUT2D eigenvalue weighted by atomic mass is 79.9. The molecule has 1 aromatic heterocycles. The predicted molar refractivity (Wildman–Crippen MR) is 98.4 cm³/mol.